The first kappa shape index (κ1) is 13.1. The van der Waals surface area contributed by atoms with E-state index in [1.807, 2.05) is 25.1 Å². The van der Waals surface area contributed by atoms with Gasteiger partial charge in [0.15, 0.2) is 0 Å². The summed E-state index contributed by atoms with van der Waals surface area (Å²) in [5, 5.41) is 9.31. The monoisotopic (exact) mass is 248 g/mol. The number of ether oxygens (including phenoxy) is 1. The number of carboxylic acids is 1. The zero-order chi connectivity index (χ0) is 13.0. The van der Waals surface area contributed by atoms with E-state index in [0.29, 0.717) is 12.8 Å². The van der Waals surface area contributed by atoms with Crippen LogP contribution in [0, 0.1) is 12.8 Å². The number of hydrogen-bond acceptors (Lipinski definition) is 2. The SMILES string of the molecule is Cc1cccc(CC(CC2CCCO2)C(=O)O)c1. The van der Waals surface area contributed by atoms with Gasteiger partial charge < -0.3 is 9.84 Å². The van der Waals surface area contributed by atoms with E-state index in [2.05, 4.69) is 6.07 Å². The van der Waals surface area contributed by atoms with Gasteiger partial charge in [0.25, 0.3) is 0 Å². The first-order valence-corrected chi connectivity index (χ1v) is 6.55. The van der Waals surface area contributed by atoms with Crippen molar-refractivity contribution in [1.29, 1.82) is 0 Å². The number of carbonyl (C=O) groups is 1. The van der Waals surface area contributed by atoms with Crippen molar-refractivity contribution in [1.82, 2.24) is 0 Å². The lowest BCUT2D eigenvalue weighted by Crippen LogP contribution is -2.22. The highest BCUT2D eigenvalue weighted by Crippen LogP contribution is 2.23. The van der Waals surface area contributed by atoms with Crippen LogP contribution in [0.15, 0.2) is 24.3 Å². The van der Waals surface area contributed by atoms with Crippen molar-refractivity contribution in [2.75, 3.05) is 6.61 Å². The summed E-state index contributed by atoms with van der Waals surface area (Å²) in [7, 11) is 0. The fourth-order valence-corrected chi connectivity index (χ4v) is 2.54. The molecule has 0 radical (unpaired) electrons. The zero-order valence-electron chi connectivity index (χ0n) is 10.8. The number of carboxylic acid groups (broad SMARTS) is 1. The maximum absolute atomic E-state index is 11.3. The highest BCUT2D eigenvalue weighted by molar-refractivity contribution is 5.70. The molecule has 98 valence electrons. The number of aryl methyl sites for hydroxylation is 1. The molecule has 0 bridgehead atoms. The summed E-state index contributed by atoms with van der Waals surface area (Å²) in [5.41, 5.74) is 2.27. The summed E-state index contributed by atoms with van der Waals surface area (Å²) in [5.74, 6) is -1.05. The van der Waals surface area contributed by atoms with Gasteiger partial charge in [-0.3, -0.25) is 4.79 Å². The van der Waals surface area contributed by atoms with E-state index in [1.165, 1.54) is 5.56 Å². The van der Waals surface area contributed by atoms with E-state index in [-0.39, 0.29) is 12.0 Å². The molecule has 2 unspecified atom stereocenters. The third-order valence-electron chi connectivity index (χ3n) is 3.49. The molecule has 0 aliphatic carbocycles. The lowest BCUT2D eigenvalue weighted by Gasteiger charge is -2.16. The second-order valence-electron chi connectivity index (χ2n) is 5.10. The summed E-state index contributed by atoms with van der Waals surface area (Å²) < 4.78 is 5.53. The molecule has 1 aliphatic heterocycles. The number of hydrogen-bond donors (Lipinski definition) is 1. The number of benzene rings is 1. The first-order valence-electron chi connectivity index (χ1n) is 6.55. The molecule has 1 aromatic rings. The normalized spacial score (nSPS) is 20.8. The van der Waals surface area contributed by atoms with Crippen molar-refractivity contribution in [3.63, 3.8) is 0 Å². The largest absolute Gasteiger partial charge is 0.481 e. The predicted octanol–water partition coefficient (Wildman–Crippen LogP) is 2.81. The number of rotatable bonds is 5. The maximum atomic E-state index is 11.3. The molecular formula is C15H20O3. The third kappa shape index (κ3) is 3.57. The summed E-state index contributed by atoms with van der Waals surface area (Å²) in [6, 6.07) is 8.07. The van der Waals surface area contributed by atoms with Gasteiger partial charge in [0.2, 0.25) is 0 Å². The molecule has 0 amide bonds. The van der Waals surface area contributed by atoms with Crippen LogP contribution >= 0.6 is 0 Å². The molecule has 3 heteroatoms. The minimum atomic E-state index is -0.716. The van der Waals surface area contributed by atoms with Crippen molar-refractivity contribution in [3.8, 4) is 0 Å². The Morgan fingerprint density at radius 1 is 1.56 bits per heavy atom. The average molecular weight is 248 g/mol. The molecule has 2 atom stereocenters. The molecule has 1 N–H and O–H groups in total. The summed E-state index contributed by atoms with van der Waals surface area (Å²) in [6.45, 7) is 2.81. The number of aliphatic carboxylic acids is 1. The molecule has 1 fully saturated rings. The van der Waals surface area contributed by atoms with Crippen molar-refractivity contribution >= 4 is 5.97 Å². The van der Waals surface area contributed by atoms with Crippen molar-refractivity contribution in [2.45, 2.75) is 38.7 Å². The van der Waals surface area contributed by atoms with E-state index in [1.54, 1.807) is 0 Å². The van der Waals surface area contributed by atoms with Crippen LogP contribution in [0.2, 0.25) is 0 Å². The zero-order valence-corrected chi connectivity index (χ0v) is 10.8. The predicted molar refractivity (Wildman–Crippen MR) is 69.6 cm³/mol. The van der Waals surface area contributed by atoms with Gasteiger partial charge in [-0.1, -0.05) is 29.8 Å². The van der Waals surface area contributed by atoms with Crippen LogP contribution in [0.1, 0.15) is 30.4 Å². The highest BCUT2D eigenvalue weighted by Gasteiger charge is 2.25. The first-order chi connectivity index (χ1) is 8.65. The average Bonchev–Trinajstić information content (AvgIpc) is 2.81. The van der Waals surface area contributed by atoms with Gasteiger partial charge in [0.1, 0.15) is 0 Å². The maximum Gasteiger partial charge on any atom is 0.306 e. The second-order valence-corrected chi connectivity index (χ2v) is 5.10. The summed E-state index contributed by atoms with van der Waals surface area (Å²) in [4.78, 5) is 11.3. The second kappa shape index (κ2) is 6.01. The van der Waals surface area contributed by atoms with E-state index in [0.717, 1.165) is 25.0 Å². The Morgan fingerprint density at radius 2 is 2.39 bits per heavy atom. The molecule has 3 nitrogen and oxygen atoms in total. The quantitative estimate of drug-likeness (QED) is 0.871. The lowest BCUT2D eigenvalue weighted by molar-refractivity contribution is -0.142. The van der Waals surface area contributed by atoms with Crippen molar-refractivity contribution < 1.29 is 14.6 Å². The molecule has 1 heterocycles. The molecule has 1 saturated heterocycles. The van der Waals surface area contributed by atoms with Crippen LogP contribution in [-0.4, -0.2) is 23.8 Å². The van der Waals surface area contributed by atoms with Crippen molar-refractivity contribution in [3.05, 3.63) is 35.4 Å². The highest BCUT2D eigenvalue weighted by atomic mass is 16.5. The molecule has 18 heavy (non-hydrogen) atoms. The molecule has 0 spiro atoms. The van der Waals surface area contributed by atoms with Crippen LogP contribution in [0.4, 0.5) is 0 Å². The topological polar surface area (TPSA) is 46.5 Å². The van der Waals surface area contributed by atoms with Crippen molar-refractivity contribution in [2.24, 2.45) is 5.92 Å². The van der Waals surface area contributed by atoms with E-state index in [4.69, 9.17) is 4.74 Å². The molecule has 0 aromatic heterocycles. The Balaban J connectivity index is 1.99. The Labute approximate surface area is 108 Å². The minimum absolute atomic E-state index is 0.135. The Kier molecular flexibility index (Phi) is 4.37. The van der Waals surface area contributed by atoms with Gasteiger partial charge in [-0.15, -0.1) is 0 Å². The molecule has 0 saturated carbocycles. The van der Waals surface area contributed by atoms with Crippen LogP contribution in [-0.2, 0) is 16.0 Å². The minimum Gasteiger partial charge on any atom is -0.481 e. The lowest BCUT2D eigenvalue weighted by atomic mass is 9.92. The smallest absolute Gasteiger partial charge is 0.306 e. The molecule has 1 aromatic carbocycles. The Morgan fingerprint density at radius 3 is 3.00 bits per heavy atom. The van der Waals surface area contributed by atoms with Crippen LogP contribution in [0.3, 0.4) is 0 Å². The van der Waals surface area contributed by atoms with Gasteiger partial charge in [0, 0.05) is 6.61 Å². The van der Waals surface area contributed by atoms with Crippen LogP contribution in [0.5, 0.6) is 0 Å². The molecular weight excluding hydrogens is 228 g/mol. The Bertz CT molecular complexity index is 408. The molecule has 2 rings (SSSR count). The van der Waals surface area contributed by atoms with E-state index >= 15 is 0 Å². The van der Waals surface area contributed by atoms with Crippen LogP contribution < -0.4 is 0 Å². The van der Waals surface area contributed by atoms with E-state index < -0.39 is 5.97 Å². The van der Waals surface area contributed by atoms with Gasteiger partial charge in [0.05, 0.1) is 12.0 Å². The Hall–Kier alpha value is -1.35. The molecule has 1 aliphatic rings. The summed E-state index contributed by atoms with van der Waals surface area (Å²) >= 11 is 0. The van der Waals surface area contributed by atoms with Gasteiger partial charge >= 0.3 is 5.97 Å². The fourth-order valence-electron chi connectivity index (χ4n) is 2.54. The standard InChI is InChI=1S/C15H20O3/c1-11-4-2-5-12(8-11)9-13(15(16)17)10-14-6-3-7-18-14/h2,4-5,8,13-14H,3,6-7,9-10H2,1H3,(H,16,17). The van der Waals surface area contributed by atoms with Gasteiger partial charge in [-0.05, 0) is 38.2 Å². The fraction of sp³-hybridized carbons (Fsp3) is 0.533. The third-order valence-corrected chi connectivity index (χ3v) is 3.49. The van der Waals surface area contributed by atoms with Gasteiger partial charge in [-0.25, -0.2) is 0 Å². The van der Waals surface area contributed by atoms with Crippen LogP contribution in [0.25, 0.3) is 0 Å². The summed E-state index contributed by atoms with van der Waals surface area (Å²) in [6.07, 6.45) is 3.41. The van der Waals surface area contributed by atoms with E-state index in [9.17, 15) is 9.90 Å². The van der Waals surface area contributed by atoms with Gasteiger partial charge in [-0.2, -0.15) is 0 Å².